The van der Waals surface area contributed by atoms with E-state index in [0.29, 0.717) is 19.1 Å². The van der Waals surface area contributed by atoms with Crippen molar-refractivity contribution in [3.05, 3.63) is 0 Å². The van der Waals surface area contributed by atoms with Crippen molar-refractivity contribution in [3.8, 4) is 0 Å². The summed E-state index contributed by atoms with van der Waals surface area (Å²) in [5.41, 5.74) is 0.243. The van der Waals surface area contributed by atoms with Crippen LogP contribution < -0.4 is 5.32 Å². The maximum Gasteiger partial charge on any atom is 0.211 e. The summed E-state index contributed by atoms with van der Waals surface area (Å²) in [6, 6.07) is 0.308. The van der Waals surface area contributed by atoms with Gasteiger partial charge in [-0.1, -0.05) is 20.8 Å². The second kappa shape index (κ2) is 5.02. The van der Waals surface area contributed by atoms with E-state index in [4.69, 9.17) is 0 Å². The van der Waals surface area contributed by atoms with Crippen molar-refractivity contribution >= 4 is 10.0 Å². The fourth-order valence-electron chi connectivity index (χ4n) is 1.86. The number of piperidine rings is 1. The Hall–Kier alpha value is -0.130. The van der Waals surface area contributed by atoms with Gasteiger partial charge in [-0.2, -0.15) is 0 Å². The molecule has 0 aliphatic carbocycles. The fraction of sp³-hybridized carbons (Fsp3) is 1.00. The van der Waals surface area contributed by atoms with Gasteiger partial charge in [0, 0.05) is 25.7 Å². The smallest absolute Gasteiger partial charge is 0.211 e. The monoisotopic (exact) mass is 248 g/mol. The first-order valence-corrected chi connectivity index (χ1v) is 7.72. The molecule has 1 fully saturated rings. The molecular formula is C11H24N2O2S. The van der Waals surface area contributed by atoms with Crippen molar-refractivity contribution in [2.45, 2.75) is 39.7 Å². The van der Waals surface area contributed by atoms with Crippen LogP contribution in [-0.2, 0) is 10.0 Å². The van der Waals surface area contributed by atoms with Crippen LogP contribution in [0.4, 0.5) is 0 Å². The van der Waals surface area contributed by atoms with Crippen LogP contribution in [0, 0.1) is 5.41 Å². The lowest BCUT2D eigenvalue weighted by molar-refractivity contribution is 0.259. The third kappa shape index (κ3) is 4.80. The Morgan fingerprint density at radius 3 is 2.50 bits per heavy atom. The highest BCUT2D eigenvalue weighted by Gasteiger charge is 2.26. The summed E-state index contributed by atoms with van der Waals surface area (Å²) < 4.78 is 24.4. The maximum absolute atomic E-state index is 11.4. The minimum absolute atomic E-state index is 0.243. The Morgan fingerprint density at radius 1 is 1.38 bits per heavy atom. The van der Waals surface area contributed by atoms with E-state index >= 15 is 0 Å². The van der Waals surface area contributed by atoms with E-state index in [2.05, 4.69) is 26.1 Å². The second-order valence-corrected chi connectivity index (χ2v) is 7.88. The first-order valence-electron chi connectivity index (χ1n) is 5.87. The number of hydrogen-bond acceptors (Lipinski definition) is 3. The molecule has 96 valence electrons. The Bertz CT molecular complexity index is 319. The summed E-state index contributed by atoms with van der Waals surface area (Å²) in [6.07, 6.45) is 3.32. The first kappa shape index (κ1) is 13.9. The SMILES string of the molecule is CC(C)(C)CN[C@@H]1CCCN(S(C)(=O)=O)C1. The highest BCUT2D eigenvalue weighted by molar-refractivity contribution is 7.88. The molecule has 0 aromatic heterocycles. The third-order valence-corrected chi connectivity index (χ3v) is 4.04. The van der Waals surface area contributed by atoms with Crippen molar-refractivity contribution in [2.75, 3.05) is 25.9 Å². The summed E-state index contributed by atoms with van der Waals surface area (Å²) in [5, 5.41) is 3.46. The Balaban J connectivity index is 2.46. The van der Waals surface area contributed by atoms with Gasteiger partial charge in [-0.3, -0.25) is 0 Å². The van der Waals surface area contributed by atoms with Gasteiger partial charge in [0.05, 0.1) is 6.26 Å². The summed E-state index contributed by atoms with van der Waals surface area (Å²) in [6.45, 7) is 8.75. The molecule has 1 aliphatic heterocycles. The molecule has 0 radical (unpaired) electrons. The lowest BCUT2D eigenvalue weighted by Crippen LogP contribution is -2.49. The van der Waals surface area contributed by atoms with Crippen molar-refractivity contribution in [1.82, 2.24) is 9.62 Å². The number of rotatable bonds is 3. The molecule has 0 aromatic rings. The number of sulfonamides is 1. The van der Waals surface area contributed by atoms with Gasteiger partial charge < -0.3 is 5.32 Å². The molecule has 1 atom stereocenters. The van der Waals surface area contributed by atoms with Crippen LogP contribution in [-0.4, -0.2) is 44.7 Å². The topological polar surface area (TPSA) is 49.4 Å². The Morgan fingerprint density at radius 2 is 2.00 bits per heavy atom. The minimum Gasteiger partial charge on any atom is -0.312 e. The zero-order valence-electron chi connectivity index (χ0n) is 10.8. The van der Waals surface area contributed by atoms with Gasteiger partial charge >= 0.3 is 0 Å². The van der Waals surface area contributed by atoms with E-state index in [-0.39, 0.29) is 5.41 Å². The predicted octanol–water partition coefficient (Wildman–Crippen LogP) is 1.05. The lowest BCUT2D eigenvalue weighted by atomic mass is 9.96. The van der Waals surface area contributed by atoms with Crippen LogP contribution >= 0.6 is 0 Å². The largest absolute Gasteiger partial charge is 0.312 e. The molecule has 5 heteroatoms. The van der Waals surface area contributed by atoms with E-state index in [1.165, 1.54) is 6.26 Å². The average molecular weight is 248 g/mol. The highest BCUT2D eigenvalue weighted by atomic mass is 32.2. The molecule has 1 N–H and O–H groups in total. The van der Waals surface area contributed by atoms with Gasteiger partial charge in [0.2, 0.25) is 10.0 Å². The van der Waals surface area contributed by atoms with Gasteiger partial charge in [0.15, 0.2) is 0 Å². The summed E-state index contributed by atoms with van der Waals surface area (Å²) in [5.74, 6) is 0. The molecule has 4 nitrogen and oxygen atoms in total. The molecule has 0 saturated carbocycles. The number of nitrogens with zero attached hydrogens (tertiary/aromatic N) is 1. The molecular weight excluding hydrogens is 224 g/mol. The second-order valence-electron chi connectivity index (χ2n) is 5.90. The maximum atomic E-state index is 11.4. The molecule has 1 saturated heterocycles. The van der Waals surface area contributed by atoms with Crippen LogP contribution in [0.15, 0.2) is 0 Å². The molecule has 0 aromatic carbocycles. The van der Waals surface area contributed by atoms with Gasteiger partial charge in [0.1, 0.15) is 0 Å². The Kier molecular flexibility index (Phi) is 4.37. The minimum atomic E-state index is -3.02. The third-order valence-electron chi connectivity index (χ3n) is 2.77. The van der Waals surface area contributed by atoms with Crippen LogP contribution in [0.5, 0.6) is 0 Å². The normalized spacial score (nSPS) is 24.6. The summed E-state index contributed by atoms with van der Waals surface area (Å²) in [7, 11) is -3.02. The molecule has 0 spiro atoms. The standard InChI is InChI=1S/C11H24N2O2S/c1-11(2,3)9-12-10-6-5-7-13(8-10)16(4,14)15/h10,12H,5-9H2,1-4H3/t10-/m1/s1. The molecule has 1 heterocycles. The molecule has 16 heavy (non-hydrogen) atoms. The predicted molar refractivity (Wildman–Crippen MR) is 66.9 cm³/mol. The quantitative estimate of drug-likeness (QED) is 0.812. The summed E-state index contributed by atoms with van der Waals surface area (Å²) >= 11 is 0. The Labute approximate surface area is 99.5 Å². The van der Waals surface area contributed by atoms with E-state index < -0.39 is 10.0 Å². The van der Waals surface area contributed by atoms with E-state index in [0.717, 1.165) is 19.4 Å². The molecule has 0 bridgehead atoms. The van der Waals surface area contributed by atoms with Crippen LogP contribution in [0.1, 0.15) is 33.6 Å². The van der Waals surface area contributed by atoms with E-state index in [1.54, 1.807) is 4.31 Å². The molecule has 1 aliphatic rings. The van der Waals surface area contributed by atoms with E-state index in [1.807, 2.05) is 0 Å². The number of hydrogen-bond donors (Lipinski definition) is 1. The highest BCUT2D eigenvalue weighted by Crippen LogP contribution is 2.16. The van der Waals surface area contributed by atoms with Gasteiger partial charge in [0.25, 0.3) is 0 Å². The fourth-order valence-corrected chi connectivity index (χ4v) is 2.77. The molecule has 0 unspecified atom stereocenters. The van der Waals surface area contributed by atoms with Gasteiger partial charge in [-0.15, -0.1) is 0 Å². The van der Waals surface area contributed by atoms with Gasteiger partial charge in [-0.05, 0) is 18.3 Å². The zero-order valence-corrected chi connectivity index (χ0v) is 11.6. The summed E-state index contributed by atoms with van der Waals surface area (Å²) in [4.78, 5) is 0. The van der Waals surface area contributed by atoms with Crippen molar-refractivity contribution in [1.29, 1.82) is 0 Å². The zero-order chi connectivity index (χ0) is 12.4. The molecule has 0 amide bonds. The lowest BCUT2D eigenvalue weighted by Gasteiger charge is -2.33. The van der Waals surface area contributed by atoms with Gasteiger partial charge in [-0.25, -0.2) is 12.7 Å². The van der Waals surface area contributed by atoms with Crippen LogP contribution in [0.25, 0.3) is 0 Å². The first-order chi connectivity index (χ1) is 7.18. The average Bonchev–Trinajstić information content (AvgIpc) is 2.13. The number of nitrogens with one attached hydrogen (secondary N) is 1. The molecule has 1 rings (SSSR count). The van der Waals surface area contributed by atoms with Crippen LogP contribution in [0.2, 0.25) is 0 Å². The van der Waals surface area contributed by atoms with Crippen molar-refractivity contribution < 1.29 is 8.42 Å². The van der Waals surface area contributed by atoms with Crippen LogP contribution in [0.3, 0.4) is 0 Å². The van der Waals surface area contributed by atoms with Crippen molar-refractivity contribution in [2.24, 2.45) is 5.41 Å². The van der Waals surface area contributed by atoms with Crippen molar-refractivity contribution in [3.63, 3.8) is 0 Å². The van der Waals surface area contributed by atoms with E-state index in [9.17, 15) is 8.42 Å².